The van der Waals surface area contributed by atoms with Crippen LogP contribution in [0.2, 0.25) is 0 Å². The molecule has 2 amide bonds. The summed E-state index contributed by atoms with van der Waals surface area (Å²) in [6, 6.07) is 1.21. The lowest BCUT2D eigenvalue weighted by atomic mass is 10.1. The van der Waals surface area contributed by atoms with Gasteiger partial charge in [0.2, 0.25) is 0 Å². The molecule has 7 heteroatoms. The maximum Gasteiger partial charge on any atom is 0.332 e. The number of hydrogen-bond donors (Lipinski definition) is 4. The van der Waals surface area contributed by atoms with Crippen LogP contribution in [0.3, 0.4) is 0 Å². The van der Waals surface area contributed by atoms with Crippen LogP contribution < -0.4 is 10.6 Å². The van der Waals surface area contributed by atoms with Crippen molar-refractivity contribution in [1.82, 2.24) is 10.6 Å². The summed E-state index contributed by atoms with van der Waals surface area (Å²) in [5.41, 5.74) is 0.892. The van der Waals surface area contributed by atoms with E-state index < -0.39 is 18.1 Å². The Hall–Kier alpha value is -2.02. The molecule has 0 aliphatic heterocycles. The second kappa shape index (κ2) is 6.95. The second-order valence-corrected chi connectivity index (χ2v) is 4.63. The Labute approximate surface area is 117 Å². The molecule has 1 aromatic heterocycles. The average Bonchev–Trinajstić information content (AvgIpc) is 2.68. The van der Waals surface area contributed by atoms with E-state index >= 15 is 0 Å². The number of carbonyl (C=O) groups excluding carboxylic acids is 1. The van der Waals surface area contributed by atoms with Gasteiger partial charge in [0, 0.05) is 18.5 Å². The first-order chi connectivity index (χ1) is 9.31. The molecule has 20 heavy (non-hydrogen) atoms. The van der Waals surface area contributed by atoms with E-state index in [4.69, 9.17) is 14.6 Å². The fourth-order valence-electron chi connectivity index (χ4n) is 1.85. The topological polar surface area (TPSA) is 112 Å². The van der Waals surface area contributed by atoms with Crippen LogP contribution in [-0.2, 0) is 4.79 Å². The normalized spacial score (nSPS) is 13.6. The van der Waals surface area contributed by atoms with Gasteiger partial charge in [0.05, 0.1) is 6.04 Å². The summed E-state index contributed by atoms with van der Waals surface area (Å²) in [6.45, 7) is 5.55. The van der Waals surface area contributed by atoms with E-state index in [1.807, 2.05) is 26.8 Å². The van der Waals surface area contributed by atoms with Crippen molar-refractivity contribution in [3.05, 3.63) is 23.2 Å². The van der Waals surface area contributed by atoms with Crippen LogP contribution in [0, 0.1) is 13.8 Å². The average molecular weight is 284 g/mol. The van der Waals surface area contributed by atoms with Gasteiger partial charge in [-0.25, -0.2) is 9.59 Å². The zero-order valence-electron chi connectivity index (χ0n) is 11.8. The summed E-state index contributed by atoms with van der Waals surface area (Å²) >= 11 is 0. The monoisotopic (exact) mass is 284 g/mol. The molecule has 0 aliphatic carbocycles. The van der Waals surface area contributed by atoms with E-state index in [0.717, 1.165) is 17.1 Å². The molecule has 2 atom stereocenters. The molecule has 0 radical (unpaired) electrons. The largest absolute Gasteiger partial charge is 0.479 e. The number of amides is 2. The number of aliphatic carboxylic acids is 1. The van der Waals surface area contributed by atoms with Crippen molar-refractivity contribution in [3.63, 3.8) is 0 Å². The van der Waals surface area contributed by atoms with Gasteiger partial charge in [0.1, 0.15) is 11.5 Å². The van der Waals surface area contributed by atoms with Gasteiger partial charge in [-0.05, 0) is 26.8 Å². The molecule has 1 heterocycles. The Morgan fingerprint density at radius 1 is 1.40 bits per heavy atom. The molecule has 0 saturated heterocycles. The molecular weight excluding hydrogens is 264 g/mol. The molecule has 0 bridgehead atoms. The van der Waals surface area contributed by atoms with Crippen molar-refractivity contribution < 1.29 is 24.2 Å². The first-order valence-electron chi connectivity index (χ1n) is 6.33. The van der Waals surface area contributed by atoms with Gasteiger partial charge in [0.15, 0.2) is 6.10 Å². The number of aliphatic hydroxyl groups excluding tert-OH is 1. The molecule has 0 aromatic carbocycles. The van der Waals surface area contributed by atoms with Gasteiger partial charge in [-0.2, -0.15) is 0 Å². The third-order valence-corrected chi connectivity index (χ3v) is 2.88. The zero-order chi connectivity index (χ0) is 15.3. The maximum atomic E-state index is 11.6. The molecule has 4 N–H and O–H groups in total. The smallest absolute Gasteiger partial charge is 0.332 e. The molecule has 1 rings (SSSR count). The van der Waals surface area contributed by atoms with E-state index in [0.29, 0.717) is 0 Å². The first kappa shape index (κ1) is 16.0. The highest BCUT2D eigenvalue weighted by atomic mass is 16.4. The Kier molecular flexibility index (Phi) is 5.57. The summed E-state index contributed by atoms with van der Waals surface area (Å²) in [7, 11) is 0. The fraction of sp³-hybridized carbons (Fsp3) is 0.538. The number of carbonyl (C=O) groups is 2. The van der Waals surface area contributed by atoms with Crippen LogP contribution in [0.25, 0.3) is 0 Å². The summed E-state index contributed by atoms with van der Waals surface area (Å²) in [6.07, 6.45) is -1.51. The summed E-state index contributed by atoms with van der Waals surface area (Å²) < 4.78 is 5.39. The van der Waals surface area contributed by atoms with Gasteiger partial charge in [-0.1, -0.05) is 0 Å². The Bertz CT molecular complexity index is 483. The van der Waals surface area contributed by atoms with Gasteiger partial charge in [-0.3, -0.25) is 0 Å². The highest BCUT2D eigenvalue weighted by Crippen LogP contribution is 2.20. The molecule has 0 fully saturated rings. The number of urea groups is 1. The molecule has 2 unspecified atom stereocenters. The predicted octanol–water partition coefficient (Wildman–Crippen LogP) is 1.09. The number of hydrogen-bond acceptors (Lipinski definition) is 4. The molecule has 112 valence electrons. The Morgan fingerprint density at radius 2 is 2.05 bits per heavy atom. The number of nitrogens with one attached hydrogen (secondary N) is 2. The van der Waals surface area contributed by atoms with Gasteiger partial charge >= 0.3 is 12.0 Å². The minimum Gasteiger partial charge on any atom is -0.479 e. The molecule has 0 spiro atoms. The van der Waals surface area contributed by atoms with Crippen LogP contribution in [0.15, 0.2) is 10.5 Å². The third-order valence-electron chi connectivity index (χ3n) is 2.88. The maximum absolute atomic E-state index is 11.6. The number of aliphatic hydroxyl groups is 1. The quantitative estimate of drug-likeness (QED) is 0.625. The van der Waals surface area contributed by atoms with Crippen LogP contribution >= 0.6 is 0 Å². The van der Waals surface area contributed by atoms with Crippen LogP contribution in [-0.4, -0.2) is 34.9 Å². The molecule has 0 aliphatic rings. The minimum absolute atomic E-state index is 0.0407. The standard InChI is InChI=1S/C13H20N2O5/c1-7-6-10(9(3)20-7)8(2)15-13(19)14-5-4-11(16)12(17)18/h6,8,11,16H,4-5H2,1-3H3,(H,17,18)(H2,14,15,19). The van der Waals surface area contributed by atoms with Crippen molar-refractivity contribution >= 4 is 12.0 Å². The predicted molar refractivity (Wildman–Crippen MR) is 71.4 cm³/mol. The first-order valence-corrected chi connectivity index (χ1v) is 6.33. The number of furan rings is 1. The van der Waals surface area contributed by atoms with Crippen molar-refractivity contribution in [2.45, 2.75) is 39.3 Å². The van der Waals surface area contributed by atoms with Gasteiger partial charge < -0.3 is 25.3 Å². The number of carboxylic acids is 1. The van der Waals surface area contributed by atoms with Gasteiger partial charge in [-0.15, -0.1) is 0 Å². The fourth-order valence-corrected chi connectivity index (χ4v) is 1.85. The molecule has 1 aromatic rings. The minimum atomic E-state index is -1.47. The molecule has 7 nitrogen and oxygen atoms in total. The highest BCUT2D eigenvalue weighted by molar-refractivity contribution is 5.75. The molecule has 0 saturated carbocycles. The highest BCUT2D eigenvalue weighted by Gasteiger charge is 2.16. The van der Waals surface area contributed by atoms with Crippen molar-refractivity contribution in [1.29, 1.82) is 0 Å². The van der Waals surface area contributed by atoms with Gasteiger partial charge in [0.25, 0.3) is 0 Å². The Balaban J connectivity index is 2.39. The number of aryl methyl sites for hydroxylation is 2. The molecular formula is C13H20N2O5. The third kappa shape index (κ3) is 4.58. The van der Waals surface area contributed by atoms with Crippen LogP contribution in [0.5, 0.6) is 0 Å². The lowest BCUT2D eigenvalue weighted by Crippen LogP contribution is -2.39. The van der Waals surface area contributed by atoms with Crippen molar-refractivity contribution in [2.24, 2.45) is 0 Å². The van der Waals surface area contributed by atoms with Crippen molar-refractivity contribution in [3.8, 4) is 0 Å². The lowest BCUT2D eigenvalue weighted by Gasteiger charge is -2.14. The van der Waals surface area contributed by atoms with E-state index in [9.17, 15) is 9.59 Å². The summed E-state index contributed by atoms with van der Waals surface area (Å²) in [4.78, 5) is 22.0. The number of carboxylic acid groups (broad SMARTS) is 1. The lowest BCUT2D eigenvalue weighted by molar-refractivity contribution is -0.146. The van der Waals surface area contributed by atoms with E-state index in [-0.39, 0.29) is 19.0 Å². The van der Waals surface area contributed by atoms with Crippen LogP contribution in [0.4, 0.5) is 4.79 Å². The van der Waals surface area contributed by atoms with Crippen LogP contribution in [0.1, 0.15) is 36.5 Å². The van der Waals surface area contributed by atoms with E-state index in [1.165, 1.54) is 0 Å². The number of rotatable bonds is 6. The van der Waals surface area contributed by atoms with E-state index in [2.05, 4.69) is 10.6 Å². The van der Waals surface area contributed by atoms with E-state index in [1.54, 1.807) is 0 Å². The SMILES string of the molecule is Cc1cc(C(C)NC(=O)NCCC(O)C(=O)O)c(C)o1. The Morgan fingerprint density at radius 3 is 2.55 bits per heavy atom. The summed E-state index contributed by atoms with van der Waals surface area (Å²) in [5.74, 6) is 0.220. The second-order valence-electron chi connectivity index (χ2n) is 4.63. The van der Waals surface area contributed by atoms with Crippen molar-refractivity contribution in [2.75, 3.05) is 6.54 Å². The summed E-state index contributed by atoms with van der Waals surface area (Å²) in [5, 5.41) is 22.7. The zero-order valence-corrected chi connectivity index (χ0v) is 11.8.